The molecule has 1 aromatic heterocycles. The van der Waals surface area contributed by atoms with Crippen LogP contribution in [0.3, 0.4) is 0 Å². The quantitative estimate of drug-likeness (QED) is 0.698. The molecule has 0 aliphatic carbocycles. The predicted octanol–water partition coefficient (Wildman–Crippen LogP) is 2.69. The monoisotopic (exact) mass is 412 g/mol. The molecular formula is C21H24N4O3S. The van der Waals surface area contributed by atoms with Gasteiger partial charge in [0.1, 0.15) is 0 Å². The summed E-state index contributed by atoms with van der Waals surface area (Å²) in [5, 5.41) is 9.72. The molecule has 29 heavy (non-hydrogen) atoms. The van der Waals surface area contributed by atoms with Gasteiger partial charge in [0.2, 0.25) is 15.9 Å². The van der Waals surface area contributed by atoms with Crippen LogP contribution in [-0.4, -0.2) is 47.8 Å². The summed E-state index contributed by atoms with van der Waals surface area (Å²) in [6, 6.07) is 16.2. The van der Waals surface area contributed by atoms with E-state index in [2.05, 4.69) is 34.7 Å². The number of fused-ring (bicyclic) bond motifs is 1. The van der Waals surface area contributed by atoms with Crippen molar-refractivity contribution in [3.05, 3.63) is 60.3 Å². The third-order valence-electron chi connectivity index (χ3n) is 5.40. The van der Waals surface area contributed by atoms with Gasteiger partial charge in [-0.25, -0.2) is 12.7 Å². The van der Waals surface area contributed by atoms with Gasteiger partial charge < -0.3 is 5.32 Å². The Hall–Kier alpha value is -2.71. The van der Waals surface area contributed by atoms with E-state index in [-0.39, 0.29) is 11.8 Å². The van der Waals surface area contributed by atoms with E-state index in [1.807, 2.05) is 29.1 Å². The fourth-order valence-electron chi connectivity index (χ4n) is 3.80. The Balaban J connectivity index is 1.39. The molecule has 152 valence electrons. The molecule has 0 unspecified atom stereocenters. The Morgan fingerprint density at radius 2 is 1.83 bits per heavy atom. The molecular weight excluding hydrogens is 388 g/mol. The molecule has 1 aliphatic rings. The van der Waals surface area contributed by atoms with Crippen LogP contribution in [0.1, 0.15) is 18.4 Å². The Bertz CT molecular complexity index is 1130. The minimum absolute atomic E-state index is 0.103. The molecule has 1 amide bonds. The molecule has 1 aliphatic heterocycles. The number of aromatic nitrogens is 2. The Kier molecular flexibility index (Phi) is 5.38. The molecule has 0 atom stereocenters. The average Bonchev–Trinajstić information content (AvgIpc) is 3.14. The van der Waals surface area contributed by atoms with E-state index in [1.165, 1.54) is 21.3 Å². The van der Waals surface area contributed by atoms with E-state index in [9.17, 15) is 13.2 Å². The number of nitrogens with one attached hydrogen (secondary N) is 1. The number of hydrogen-bond acceptors (Lipinski definition) is 4. The van der Waals surface area contributed by atoms with Crippen molar-refractivity contribution in [1.82, 2.24) is 14.1 Å². The van der Waals surface area contributed by atoms with Gasteiger partial charge in [-0.2, -0.15) is 5.10 Å². The number of benzene rings is 2. The molecule has 4 rings (SSSR count). The second-order valence-corrected chi connectivity index (χ2v) is 9.44. The van der Waals surface area contributed by atoms with E-state index in [0.717, 1.165) is 5.56 Å². The first kappa shape index (κ1) is 19.6. The maximum atomic E-state index is 12.5. The van der Waals surface area contributed by atoms with Crippen LogP contribution in [0.5, 0.6) is 0 Å². The van der Waals surface area contributed by atoms with Crippen molar-refractivity contribution in [3.63, 3.8) is 0 Å². The zero-order chi connectivity index (χ0) is 20.4. The third kappa shape index (κ3) is 4.49. The maximum Gasteiger partial charge on any atom is 0.228 e. The smallest absolute Gasteiger partial charge is 0.228 e. The second-order valence-electron chi connectivity index (χ2n) is 7.46. The molecule has 1 saturated heterocycles. The summed E-state index contributed by atoms with van der Waals surface area (Å²) >= 11 is 0. The summed E-state index contributed by atoms with van der Waals surface area (Å²) in [5.74, 6) is 0.213. The number of rotatable bonds is 5. The highest BCUT2D eigenvalue weighted by atomic mass is 32.2. The highest BCUT2D eigenvalue weighted by Gasteiger charge is 2.29. The predicted molar refractivity (Wildman–Crippen MR) is 113 cm³/mol. The zero-order valence-electron chi connectivity index (χ0n) is 16.3. The largest absolute Gasteiger partial charge is 0.309 e. The molecule has 0 spiro atoms. The molecule has 2 heterocycles. The summed E-state index contributed by atoms with van der Waals surface area (Å²) < 4.78 is 26.4. The van der Waals surface area contributed by atoms with Crippen molar-refractivity contribution < 1.29 is 13.2 Å². The normalized spacial score (nSPS) is 16.2. The van der Waals surface area contributed by atoms with Gasteiger partial charge >= 0.3 is 0 Å². The SMILES string of the molecule is CS(=O)(=O)N1CCC(C(=O)Nc2ccn(Cc3cccc4ccccc34)n2)CC1. The lowest BCUT2D eigenvalue weighted by Crippen LogP contribution is -2.40. The molecule has 8 heteroatoms. The van der Waals surface area contributed by atoms with Crippen LogP contribution in [0.2, 0.25) is 0 Å². The minimum atomic E-state index is -3.19. The van der Waals surface area contributed by atoms with Gasteiger partial charge in [-0.3, -0.25) is 9.48 Å². The lowest BCUT2D eigenvalue weighted by molar-refractivity contribution is -0.120. The molecule has 0 radical (unpaired) electrons. The summed E-state index contributed by atoms with van der Waals surface area (Å²) in [4.78, 5) is 12.5. The van der Waals surface area contributed by atoms with Crippen molar-refractivity contribution in [2.75, 3.05) is 24.7 Å². The summed E-state index contributed by atoms with van der Waals surface area (Å²) in [6.07, 6.45) is 4.10. The van der Waals surface area contributed by atoms with E-state index < -0.39 is 10.0 Å². The number of piperidine rings is 1. The fraction of sp³-hybridized carbons (Fsp3) is 0.333. The van der Waals surface area contributed by atoms with Crippen LogP contribution in [0, 0.1) is 5.92 Å². The first-order chi connectivity index (χ1) is 13.9. The van der Waals surface area contributed by atoms with Gasteiger partial charge in [-0.15, -0.1) is 0 Å². The summed E-state index contributed by atoms with van der Waals surface area (Å²) in [7, 11) is -3.19. The highest BCUT2D eigenvalue weighted by molar-refractivity contribution is 7.88. The van der Waals surface area contributed by atoms with Crippen molar-refractivity contribution in [1.29, 1.82) is 0 Å². The third-order valence-corrected chi connectivity index (χ3v) is 6.70. The molecule has 0 saturated carbocycles. The van der Waals surface area contributed by atoms with Crippen LogP contribution in [0.4, 0.5) is 5.82 Å². The second kappa shape index (κ2) is 7.96. The maximum absolute atomic E-state index is 12.5. The van der Waals surface area contributed by atoms with Gasteiger partial charge in [0.05, 0.1) is 12.8 Å². The number of amides is 1. The lowest BCUT2D eigenvalue weighted by atomic mass is 9.97. The van der Waals surface area contributed by atoms with E-state index in [4.69, 9.17) is 0 Å². The van der Waals surface area contributed by atoms with E-state index in [0.29, 0.717) is 38.3 Å². The number of carbonyl (C=O) groups is 1. The average molecular weight is 413 g/mol. The fourth-order valence-corrected chi connectivity index (χ4v) is 4.67. The topological polar surface area (TPSA) is 84.3 Å². The number of carbonyl (C=O) groups excluding carboxylic acids is 1. The van der Waals surface area contributed by atoms with Crippen LogP contribution >= 0.6 is 0 Å². The number of anilines is 1. The molecule has 7 nitrogen and oxygen atoms in total. The van der Waals surface area contributed by atoms with Crippen LogP contribution in [0.25, 0.3) is 10.8 Å². The Morgan fingerprint density at radius 3 is 2.59 bits per heavy atom. The zero-order valence-corrected chi connectivity index (χ0v) is 17.1. The molecule has 1 fully saturated rings. The van der Waals surface area contributed by atoms with Gasteiger partial charge in [-0.1, -0.05) is 42.5 Å². The number of hydrogen-bond donors (Lipinski definition) is 1. The van der Waals surface area contributed by atoms with Crippen molar-refractivity contribution in [2.24, 2.45) is 5.92 Å². The van der Waals surface area contributed by atoms with E-state index in [1.54, 1.807) is 6.07 Å². The first-order valence-electron chi connectivity index (χ1n) is 9.66. The number of sulfonamides is 1. The van der Waals surface area contributed by atoms with Crippen molar-refractivity contribution in [3.8, 4) is 0 Å². The molecule has 2 aromatic carbocycles. The molecule has 1 N–H and O–H groups in total. The van der Waals surface area contributed by atoms with Crippen LogP contribution in [0.15, 0.2) is 54.7 Å². The standard InChI is InChI=1S/C21H24N4O3S/c1-29(27,28)25-13-9-17(10-14-25)21(26)22-20-11-12-24(23-20)15-18-7-4-6-16-5-2-3-8-19(16)18/h2-8,11-12,17H,9-10,13-15H2,1H3,(H,22,23,26). The highest BCUT2D eigenvalue weighted by Crippen LogP contribution is 2.22. The molecule has 3 aromatic rings. The van der Waals surface area contributed by atoms with Crippen molar-refractivity contribution >= 4 is 32.5 Å². The van der Waals surface area contributed by atoms with Crippen LogP contribution < -0.4 is 5.32 Å². The minimum Gasteiger partial charge on any atom is -0.309 e. The Morgan fingerprint density at radius 1 is 1.10 bits per heavy atom. The van der Waals surface area contributed by atoms with Crippen LogP contribution in [-0.2, 0) is 21.4 Å². The summed E-state index contributed by atoms with van der Waals surface area (Å²) in [5.41, 5.74) is 1.16. The molecule has 0 bridgehead atoms. The van der Waals surface area contributed by atoms with Gasteiger partial charge in [0, 0.05) is 31.3 Å². The van der Waals surface area contributed by atoms with Gasteiger partial charge in [0.15, 0.2) is 5.82 Å². The van der Waals surface area contributed by atoms with Gasteiger partial charge in [-0.05, 0) is 29.2 Å². The number of nitrogens with zero attached hydrogens (tertiary/aromatic N) is 3. The van der Waals surface area contributed by atoms with E-state index >= 15 is 0 Å². The van der Waals surface area contributed by atoms with Crippen molar-refractivity contribution in [2.45, 2.75) is 19.4 Å². The summed E-state index contributed by atoms with van der Waals surface area (Å²) in [6.45, 7) is 1.38. The first-order valence-corrected chi connectivity index (χ1v) is 11.5. The van der Waals surface area contributed by atoms with Gasteiger partial charge in [0.25, 0.3) is 0 Å². The Labute approximate surface area is 170 Å². The lowest BCUT2D eigenvalue weighted by Gasteiger charge is -2.29.